The molecule has 1 aromatic rings. The molecule has 0 amide bonds. The molecule has 4 heteroatoms. The Bertz CT molecular complexity index is 327. The molecular formula is C14H21F2NO. The van der Waals surface area contributed by atoms with Gasteiger partial charge in [-0.25, -0.2) is 8.78 Å². The average molecular weight is 257 g/mol. The van der Waals surface area contributed by atoms with Gasteiger partial charge in [0.2, 0.25) is 0 Å². The summed E-state index contributed by atoms with van der Waals surface area (Å²) in [4.78, 5) is 0. The molecule has 1 aromatic carbocycles. The van der Waals surface area contributed by atoms with E-state index in [0.717, 1.165) is 19.4 Å². The van der Waals surface area contributed by atoms with E-state index in [0.29, 0.717) is 11.8 Å². The van der Waals surface area contributed by atoms with Gasteiger partial charge >= 0.3 is 0 Å². The average Bonchev–Trinajstić information content (AvgIpc) is 2.35. The monoisotopic (exact) mass is 257 g/mol. The number of hydrogen-bond acceptors (Lipinski definition) is 2. The lowest BCUT2D eigenvalue weighted by Crippen LogP contribution is -2.25. The van der Waals surface area contributed by atoms with Crippen LogP contribution in [0.15, 0.2) is 24.3 Å². The van der Waals surface area contributed by atoms with E-state index in [2.05, 4.69) is 19.2 Å². The van der Waals surface area contributed by atoms with Crippen molar-refractivity contribution in [1.82, 2.24) is 5.32 Å². The summed E-state index contributed by atoms with van der Waals surface area (Å²) in [6, 6.07) is 7.84. The van der Waals surface area contributed by atoms with Gasteiger partial charge in [-0.3, -0.25) is 0 Å². The van der Waals surface area contributed by atoms with E-state index in [1.54, 1.807) is 12.1 Å². The highest BCUT2D eigenvalue weighted by Gasteiger charge is 2.04. The number of alkyl halides is 2. The van der Waals surface area contributed by atoms with Crippen molar-refractivity contribution in [3.8, 4) is 5.75 Å². The zero-order chi connectivity index (χ0) is 13.4. The topological polar surface area (TPSA) is 21.3 Å². The van der Waals surface area contributed by atoms with Crippen LogP contribution < -0.4 is 10.1 Å². The summed E-state index contributed by atoms with van der Waals surface area (Å²) in [5.41, 5.74) is 1.20. The molecule has 1 atom stereocenters. The van der Waals surface area contributed by atoms with Crippen LogP contribution in [0.4, 0.5) is 8.78 Å². The maximum Gasteiger partial charge on any atom is 0.272 e. The molecule has 0 bridgehead atoms. The summed E-state index contributed by atoms with van der Waals surface area (Å²) in [5, 5.41) is 3.35. The van der Waals surface area contributed by atoms with Crippen molar-refractivity contribution in [2.24, 2.45) is 0 Å². The zero-order valence-electron chi connectivity index (χ0n) is 11.0. The summed E-state index contributed by atoms with van der Waals surface area (Å²) >= 11 is 0. The second-order valence-corrected chi connectivity index (χ2v) is 4.34. The first-order chi connectivity index (χ1) is 8.61. The maximum atomic E-state index is 11.9. The molecule has 0 aliphatic heterocycles. The summed E-state index contributed by atoms with van der Waals surface area (Å²) in [6.07, 6.45) is -0.389. The predicted molar refractivity (Wildman–Crippen MR) is 69.4 cm³/mol. The SMILES string of the molecule is CCNC(C)CCc1ccc(OCC(F)F)cc1. The van der Waals surface area contributed by atoms with Gasteiger partial charge in [0, 0.05) is 6.04 Å². The molecule has 1 N–H and O–H groups in total. The minimum atomic E-state index is -2.43. The van der Waals surface area contributed by atoms with Crippen molar-refractivity contribution in [1.29, 1.82) is 0 Å². The summed E-state index contributed by atoms with van der Waals surface area (Å²) in [5.74, 6) is 0.499. The van der Waals surface area contributed by atoms with Crippen molar-refractivity contribution < 1.29 is 13.5 Å². The number of nitrogens with one attached hydrogen (secondary N) is 1. The Balaban J connectivity index is 2.35. The van der Waals surface area contributed by atoms with Crippen LogP contribution in [-0.4, -0.2) is 25.6 Å². The Morgan fingerprint density at radius 3 is 2.44 bits per heavy atom. The number of hydrogen-bond donors (Lipinski definition) is 1. The van der Waals surface area contributed by atoms with E-state index in [4.69, 9.17) is 4.74 Å². The minimum absolute atomic E-state index is 0.491. The lowest BCUT2D eigenvalue weighted by atomic mass is 10.1. The molecule has 0 radical (unpaired) electrons. The maximum absolute atomic E-state index is 11.9. The predicted octanol–water partition coefficient (Wildman–Crippen LogP) is 3.26. The second kappa shape index (κ2) is 8.03. The van der Waals surface area contributed by atoms with Crippen LogP contribution in [0.1, 0.15) is 25.8 Å². The highest BCUT2D eigenvalue weighted by atomic mass is 19.3. The molecule has 1 rings (SSSR count). The van der Waals surface area contributed by atoms with Crippen LogP contribution in [0, 0.1) is 0 Å². The summed E-state index contributed by atoms with van der Waals surface area (Å²) in [7, 11) is 0. The Hall–Kier alpha value is -1.16. The molecule has 18 heavy (non-hydrogen) atoms. The molecule has 1 unspecified atom stereocenters. The third-order valence-corrected chi connectivity index (χ3v) is 2.72. The van der Waals surface area contributed by atoms with E-state index < -0.39 is 13.0 Å². The summed E-state index contributed by atoms with van der Waals surface area (Å²) in [6.45, 7) is 4.67. The standard InChI is InChI=1S/C14H21F2NO/c1-3-17-11(2)4-5-12-6-8-13(9-7-12)18-10-14(15)16/h6-9,11,14,17H,3-5,10H2,1-2H3. The fraction of sp³-hybridized carbons (Fsp3) is 0.571. The lowest BCUT2D eigenvalue weighted by Gasteiger charge is -2.12. The van der Waals surface area contributed by atoms with Crippen molar-refractivity contribution in [2.45, 2.75) is 39.2 Å². The van der Waals surface area contributed by atoms with Crippen molar-refractivity contribution >= 4 is 0 Å². The molecular weight excluding hydrogens is 236 g/mol. The zero-order valence-corrected chi connectivity index (χ0v) is 11.0. The van der Waals surface area contributed by atoms with Gasteiger partial charge < -0.3 is 10.1 Å². The Morgan fingerprint density at radius 2 is 1.89 bits per heavy atom. The van der Waals surface area contributed by atoms with Gasteiger partial charge in [0.15, 0.2) is 0 Å². The Morgan fingerprint density at radius 1 is 1.22 bits per heavy atom. The number of aryl methyl sites for hydroxylation is 1. The minimum Gasteiger partial charge on any atom is -0.488 e. The third kappa shape index (κ3) is 5.96. The quantitative estimate of drug-likeness (QED) is 0.771. The van der Waals surface area contributed by atoms with Crippen LogP contribution in [0.5, 0.6) is 5.75 Å². The molecule has 0 heterocycles. The van der Waals surface area contributed by atoms with Crippen LogP contribution >= 0.6 is 0 Å². The van der Waals surface area contributed by atoms with Gasteiger partial charge in [-0.2, -0.15) is 0 Å². The molecule has 102 valence electrons. The van der Waals surface area contributed by atoms with Crippen LogP contribution in [-0.2, 0) is 6.42 Å². The van der Waals surface area contributed by atoms with Crippen LogP contribution in [0.3, 0.4) is 0 Å². The Kier molecular flexibility index (Phi) is 6.65. The molecule has 0 spiro atoms. The van der Waals surface area contributed by atoms with Gasteiger partial charge in [0.05, 0.1) is 0 Å². The number of halogens is 2. The molecule has 0 fully saturated rings. The van der Waals surface area contributed by atoms with Crippen LogP contribution in [0.25, 0.3) is 0 Å². The van der Waals surface area contributed by atoms with E-state index in [9.17, 15) is 8.78 Å². The number of rotatable bonds is 8. The fourth-order valence-corrected chi connectivity index (χ4v) is 1.75. The molecule has 0 aromatic heterocycles. The highest BCUT2D eigenvalue weighted by molar-refractivity contribution is 5.27. The summed E-state index contributed by atoms with van der Waals surface area (Å²) < 4.78 is 28.8. The normalized spacial score (nSPS) is 12.7. The second-order valence-electron chi connectivity index (χ2n) is 4.34. The smallest absolute Gasteiger partial charge is 0.272 e. The van der Waals surface area contributed by atoms with Gasteiger partial charge in [0.25, 0.3) is 6.43 Å². The van der Waals surface area contributed by atoms with Crippen molar-refractivity contribution in [3.05, 3.63) is 29.8 Å². The number of benzene rings is 1. The molecule has 0 aliphatic carbocycles. The van der Waals surface area contributed by atoms with E-state index in [1.807, 2.05) is 12.1 Å². The molecule has 0 aliphatic rings. The molecule has 0 saturated heterocycles. The largest absolute Gasteiger partial charge is 0.488 e. The Labute approximate surface area is 107 Å². The van der Waals surface area contributed by atoms with E-state index in [1.165, 1.54) is 5.56 Å². The van der Waals surface area contributed by atoms with Crippen molar-refractivity contribution in [3.63, 3.8) is 0 Å². The molecule has 2 nitrogen and oxygen atoms in total. The lowest BCUT2D eigenvalue weighted by molar-refractivity contribution is 0.0819. The fourth-order valence-electron chi connectivity index (χ4n) is 1.75. The highest BCUT2D eigenvalue weighted by Crippen LogP contribution is 2.14. The first kappa shape index (κ1) is 14.9. The van der Waals surface area contributed by atoms with Gasteiger partial charge in [-0.15, -0.1) is 0 Å². The van der Waals surface area contributed by atoms with Crippen molar-refractivity contribution in [2.75, 3.05) is 13.2 Å². The third-order valence-electron chi connectivity index (χ3n) is 2.72. The van der Waals surface area contributed by atoms with Gasteiger partial charge in [-0.05, 0) is 44.0 Å². The van der Waals surface area contributed by atoms with Crippen LogP contribution in [0.2, 0.25) is 0 Å². The number of ether oxygens (including phenoxy) is 1. The first-order valence-electron chi connectivity index (χ1n) is 6.35. The van der Waals surface area contributed by atoms with Gasteiger partial charge in [0.1, 0.15) is 12.4 Å². The van der Waals surface area contributed by atoms with E-state index in [-0.39, 0.29) is 0 Å². The first-order valence-corrected chi connectivity index (χ1v) is 6.35. The molecule has 0 saturated carbocycles. The van der Waals surface area contributed by atoms with Gasteiger partial charge in [-0.1, -0.05) is 19.1 Å². The van der Waals surface area contributed by atoms with E-state index >= 15 is 0 Å².